The Kier molecular flexibility index (Phi) is 4.49. The Morgan fingerprint density at radius 3 is 2.73 bits per heavy atom. The summed E-state index contributed by atoms with van der Waals surface area (Å²) in [6.07, 6.45) is 1.45. The van der Waals surface area contributed by atoms with Gasteiger partial charge in [0.05, 0.1) is 12.3 Å². The molecule has 0 unspecified atom stereocenters. The van der Waals surface area contributed by atoms with Crippen LogP contribution in [0.1, 0.15) is 30.9 Å². The van der Waals surface area contributed by atoms with E-state index in [0.717, 1.165) is 23.5 Å². The zero-order chi connectivity index (χ0) is 11.3. The number of rotatable bonds is 5. The number of nitrogens with zero attached hydrogens (tertiary/aromatic N) is 1. The normalized spacial score (nSPS) is 10.6. The van der Waals surface area contributed by atoms with Crippen molar-refractivity contribution in [3.63, 3.8) is 0 Å². The molecule has 0 aliphatic rings. The first-order valence-corrected chi connectivity index (χ1v) is 5.35. The molecule has 0 amide bonds. The van der Waals surface area contributed by atoms with Crippen molar-refractivity contribution in [1.29, 1.82) is 0 Å². The van der Waals surface area contributed by atoms with Gasteiger partial charge in [0.2, 0.25) is 0 Å². The minimum atomic E-state index is -0.0339. The van der Waals surface area contributed by atoms with Gasteiger partial charge in [0.1, 0.15) is 5.82 Å². The van der Waals surface area contributed by atoms with Crippen molar-refractivity contribution in [3.05, 3.63) is 27.4 Å². The molecule has 4 nitrogen and oxygen atoms in total. The molecule has 15 heavy (non-hydrogen) atoms. The summed E-state index contributed by atoms with van der Waals surface area (Å²) >= 11 is 0. The van der Waals surface area contributed by atoms with Gasteiger partial charge in [-0.1, -0.05) is 6.92 Å². The number of ether oxygens (including phenoxy) is 1. The van der Waals surface area contributed by atoms with Crippen LogP contribution in [0, 0.1) is 6.92 Å². The molecule has 4 heteroatoms. The highest BCUT2D eigenvalue weighted by molar-refractivity contribution is 5.15. The summed E-state index contributed by atoms with van der Waals surface area (Å²) in [4.78, 5) is 18.7. The maximum absolute atomic E-state index is 11.5. The average molecular weight is 210 g/mol. The minimum absolute atomic E-state index is 0.0339. The molecule has 0 atom stereocenters. The summed E-state index contributed by atoms with van der Waals surface area (Å²) < 4.78 is 5.22. The largest absolute Gasteiger partial charge is 0.381 e. The summed E-state index contributed by atoms with van der Waals surface area (Å²) in [5, 5.41) is 0. The first kappa shape index (κ1) is 11.9. The quantitative estimate of drug-likeness (QED) is 0.743. The second-order valence-electron chi connectivity index (χ2n) is 3.38. The minimum Gasteiger partial charge on any atom is -0.381 e. The molecule has 0 aliphatic heterocycles. The van der Waals surface area contributed by atoms with E-state index in [0.29, 0.717) is 19.6 Å². The van der Waals surface area contributed by atoms with Gasteiger partial charge in [-0.2, -0.15) is 0 Å². The lowest BCUT2D eigenvalue weighted by molar-refractivity contribution is 0.149. The van der Waals surface area contributed by atoms with E-state index < -0.39 is 0 Å². The number of aryl methyl sites for hydroxylation is 1. The van der Waals surface area contributed by atoms with Crippen LogP contribution in [0.5, 0.6) is 0 Å². The fraction of sp³-hybridized carbons (Fsp3) is 0.636. The highest BCUT2D eigenvalue weighted by Crippen LogP contribution is 2.00. The van der Waals surface area contributed by atoms with Gasteiger partial charge in [-0.15, -0.1) is 0 Å². The van der Waals surface area contributed by atoms with Gasteiger partial charge < -0.3 is 9.72 Å². The molecule has 1 aromatic heterocycles. The highest BCUT2D eigenvalue weighted by Gasteiger charge is 2.05. The summed E-state index contributed by atoms with van der Waals surface area (Å²) in [7, 11) is 0. The molecular formula is C11H18N2O2. The molecule has 0 aromatic carbocycles. The predicted molar refractivity (Wildman–Crippen MR) is 59.2 cm³/mol. The van der Waals surface area contributed by atoms with Crippen LogP contribution in [0.15, 0.2) is 4.79 Å². The molecule has 0 fully saturated rings. The number of H-pyrrole nitrogens is 1. The molecule has 1 heterocycles. The zero-order valence-corrected chi connectivity index (χ0v) is 9.59. The van der Waals surface area contributed by atoms with Crippen LogP contribution in [-0.2, 0) is 17.6 Å². The summed E-state index contributed by atoms with van der Waals surface area (Å²) in [5.41, 5.74) is 1.57. The predicted octanol–water partition coefficient (Wildman–Crippen LogP) is 1.22. The number of nitrogens with one attached hydrogen (secondary N) is 1. The highest BCUT2D eigenvalue weighted by atomic mass is 16.5. The second-order valence-corrected chi connectivity index (χ2v) is 3.38. The number of aromatic amines is 1. The summed E-state index contributed by atoms with van der Waals surface area (Å²) in [5.74, 6) is 0.718. The third-order valence-electron chi connectivity index (χ3n) is 2.32. The molecule has 0 aliphatic carbocycles. The monoisotopic (exact) mass is 210 g/mol. The molecular weight excluding hydrogens is 192 g/mol. The van der Waals surface area contributed by atoms with Gasteiger partial charge in [0.25, 0.3) is 5.56 Å². The van der Waals surface area contributed by atoms with E-state index in [9.17, 15) is 4.79 Å². The fourth-order valence-electron chi connectivity index (χ4n) is 1.41. The Morgan fingerprint density at radius 2 is 2.13 bits per heavy atom. The standard InChI is InChI=1S/C11H18N2O2/c1-4-9-8(3)11(14)13-10(12-9)6-7-15-5-2/h4-7H2,1-3H3,(H,12,13,14). The summed E-state index contributed by atoms with van der Waals surface area (Å²) in [6, 6.07) is 0. The molecule has 0 bridgehead atoms. The lowest BCUT2D eigenvalue weighted by Crippen LogP contribution is -2.18. The van der Waals surface area contributed by atoms with Crippen molar-refractivity contribution >= 4 is 0 Å². The molecule has 84 valence electrons. The molecule has 0 saturated carbocycles. The average Bonchev–Trinajstić information content (AvgIpc) is 2.23. The van der Waals surface area contributed by atoms with Crippen molar-refractivity contribution in [1.82, 2.24) is 9.97 Å². The van der Waals surface area contributed by atoms with E-state index >= 15 is 0 Å². The van der Waals surface area contributed by atoms with Crippen molar-refractivity contribution in [2.75, 3.05) is 13.2 Å². The van der Waals surface area contributed by atoms with Crippen molar-refractivity contribution < 1.29 is 4.74 Å². The molecule has 0 saturated heterocycles. The Morgan fingerprint density at radius 1 is 1.40 bits per heavy atom. The van der Waals surface area contributed by atoms with Crippen LogP contribution in [0.25, 0.3) is 0 Å². The smallest absolute Gasteiger partial charge is 0.254 e. The van der Waals surface area contributed by atoms with E-state index in [-0.39, 0.29) is 5.56 Å². The van der Waals surface area contributed by atoms with E-state index in [1.165, 1.54) is 0 Å². The Bertz CT molecular complexity index is 371. The number of hydrogen-bond acceptors (Lipinski definition) is 3. The van der Waals surface area contributed by atoms with Gasteiger partial charge >= 0.3 is 0 Å². The molecule has 1 rings (SSSR count). The van der Waals surface area contributed by atoms with Crippen LogP contribution in [-0.4, -0.2) is 23.2 Å². The third kappa shape index (κ3) is 3.16. The van der Waals surface area contributed by atoms with Crippen molar-refractivity contribution in [2.24, 2.45) is 0 Å². The topological polar surface area (TPSA) is 55.0 Å². The summed E-state index contributed by atoms with van der Waals surface area (Å²) in [6.45, 7) is 7.04. The Hall–Kier alpha value is -1.16. The van der Waals surface area contributed by atoms with Crippen LogP contribution in [0.2, 0.25) is 0 Å². The van der Waals surface area contributed by atoms with Gasteiger partial charge in [-0.05, 0) is 20.3 Å². The van der Waals surface area contributed by atoms with Crippen LogP contribution >= 0.6 is 0 Å². The SMILES string of the molecule is CCOCCc1nc(CC)c(C)c(=O)[nH]1. The second kappa shape index (κ2) is 5.66. The first-order chi connectivity index (χ1) is 7.19. The van der Waals surface area contributed by atoms with Crippen LogP contribution in [0.4, 0.5) is 0 Å². The Labute approximate surface area is 89.7 Å². The van der Waals surface area contributed by atoms with Crippen LogP contribution in [0.3, 0.4) is 0 Å². The maximum Gasteiger partial charge on any atom is 0.254 e. The van der Waals surface area contributed by atoms with Crippen molar-refractivity contribution in [2.45, 2.75) is 33.6 Å². The van der Waals surface area contributed by atoms with Gasteiger partial charge in [-0.3, -0.25) is 4.79 Å². The van der Waals surface area contributed by atoms with Gasteiger partial charge in [0, 0.05) is 18.6 Å². The van der Waals surface area contributed by atoms with Gasteiger partial charge in [-0.25, -0.2) is 4.98 Å². The van der Waals surface area contributed by atoms with E-state index in [1.807, 2.05) is 13.8 Å². The molecule has 1 N–H and O–H groups in total. The fourth-order valence-corrected chi connectivity index (χ4v) is 1.41. The lowest BCUT2D eigenvalue weighted by Gasteiger charge is -2.05. The van der Waals surface area contributed by atoms with E-state index in [1.54, 1.807) is 6.92 Å². The number of aromatic nitrogens is 2. The Balaban J connectivity index is 2.82. The number of hydrogen-bond donors (Lipinski definition) is 1. The maximum atomic E-state index is 11.5. The zero-order valence-electron chi connectivity index (χ0n) is 9.59. The van der Waals surface area contributed by atoms with Crippen molar-refractivity contribution in [3.8, 4) is 0 Å². The lowest BCUT2D eigenvalue weighted by atomic mass is 10.2. The van der Waals surface area contributed by atoms with E-state index in [4.69, 9.17) is 4.74 Å². The molecule has 1 aromatic rings. The first-order valence-electron chi connectivity index (χ1n) is 5.35. The third-order valence-corrected chi connectivity index (χ3v) is 2.32. The molecule has 0 spiro atoms. The van der Waals surface area contributed by atoms with Crippen LogP contribution < -0.4 is 5.56 Å². The molecule has 0 radical (unpaired) electrons. The van der Waals surface area contributed by atoms with E-state index in [2.05, 4.69) is 9.97 Å². The van der Waals surface area contributed by atoms with Gasteiger partial charge in [0.15, 0.2) is 0 Å².